The number of rotatable bonds is 4. The van der Waals surface area contributed by atoms with Crippen molar-refractivity contribution in [1.82, 2.24) is 0 Å². The van der Waals surface area contributed by atoms with E-state index in [1.165, 1.54) is 19.9 Å². The quantitative estimate of drug-likeness (QED) is 0.843. The van der Waals surface area contributed by atoms with Crippen molar-refractivity contribution in [1.29, 1.82) is 0 Å². The van der Waals surface area contributed by atoms with Gasteiger partial charge in [-0.1, -0.05) is 0 Å². The summed E-state index contributed by atoms with van der Waals surface area (Å²) < 4.78 is 27.9. The number of nitrogens with zero attached hydrogens (tertiary/aromatic N) is 1. The van der Waals surface area contributed by atoms with Gasteiger partial charge in [-0.2, -0.15) is 0 Å². The van der Waals surface area contributed by atoms with Gasteiger partial charge in [0.05, 0.1) is 4.90 Å². The number of hydrogen-bond donors (Lipinski definition) is 2. The first-order valence-electron chi connectivity index (χ1n) is 8.50. The number of carbonyl (C=O) groups excluding carboxylic acids is 2. The van der Waals surface area contributed by atoms with Crippen molar-refractivity contribution in [3.05, 3.63) is 48.0 Å². The number of sulfonamides is 1. The maximum atomic E-state index is 12.7. The molecule has 2 amide bonds. The predicted octanol–water partition coefficient (Wildman–Crippen LogP) is 2.74. The van der Waals surface area contributed by atoms with Crippen LogP contribution in [0.2, 0.25) is 0 Å². The minimum Gasteiger partial charge on any atom is -0.326 e. The molecule has 0 saturated heterocycles. The van der Waals surface area contributed by atoms with E-state index in [-0.39, 0.29) is 22.8 Å². The second-order valence-corrected chi connectivity index (χ2v) is 8.28. The number of nitrogens with one attached hydrogen (secondary N) is 2. The summed E-state index contributed by atoms with van der Waals surface area (Å²) in [5.41, 5.74) is 2.57. The molecule has 0 unspecified atom stereocenters. The van der Waals surface area contributed by atoms with Gasteiger partial charge in [-0.3, -0.25) is 14.3 Å². The van der Waals surface area contributed by atoms with Crippen molar-refractivity contribution in [3.8, 4) is 0 Å². The summed E-state index contributed by atoms with van der Waals surface area (Å²) in [4.78, 5) is 24.7. The zero-order valence-corrected chi connectivity index (χ0v) is 16.1. The van der Waals surface area contributed by atoms with Crippen LogP contribution < -0.4 is 14.9 Å². The van der Waals surface area contributed by atoms with Gasteiger partial charge in [0.2, 0.25) is 11.8 Å². The molecule has 2 aromatic carbocycles. The summed E-state index contributed by atoms with van der Waals surface area (Å²) in [6, 6.07) is 11.2. The molecule has 0 aliphatic carbocycles. The van der Waals surface area contributed by atoms with Crippen molar-refractivity contribution in [2.45, 2.75) is 38.1 Å². The molecule has 1 atom stereocenters. The zero-order chi connectivity index (χ0) is 19.8. The molecule has 2 aromatic rings. The van der Waals surface area contributed by atoms with E-state index in [1.54, 1.807) is 41.3 Å². The molecule has 0 spiro atoms. The molecule has 1 aliphatic rings. The minimum atomic E-state index is -3.77. The van der Waals surface area contributed by atoms with Crippen LogP contribution in [0.4, 0.5) is 17.1 Å². The Morgan fingerprint density at radius 2 is 1.67 bits per heavy atom. The molecule has 1 heterocycles. The Hall–Kier alpha value is -2.87. The summed E-state index contributed by atoms with van der Waals surface area (Å²) in [6.07, 6.45) is 0.615. The number of hydrogen-bond acceptors (Lipinski definition) is 4. The van der Waals surface area contributed by atoms with Crippen LogP contribution in [-0.4, -0.2) is 26.3 Å². The van der Waals surface area contributed by atoms with Gasteiger partial charge in [0.15, 0.2) is 0 Å². The van der Waals surface area contributed by atoms with Gasteiger partial charge >= 0.3 is 0 Å². The molecular formula is C19H21N3O4S. The van der Waals surface area contributed by atoms with E-state index in [9.17, 15) is 18.0 Å². The van der Waals surface area contributed by atoms with Crippen molar-refractivity contribution in [3.63, 3.8) is 0 Å². The zero-order valence-electron chi connectivity index (χ0n) is 15.3. The van der Waals surface area contributed by atoms with Crippen LogP contribution in [0.5, 0.6) is 0 Å². The summed E-state index contributed by atoms with van der Waals surface area (Å²) in [6.45, 7) is 4.84. The molecule has 0 radical (unpaired) electrons. The Labute approximate surface area is 158 Å². The van der Waals surface area contributed by atoms with E-state index in [4.69, 9.17) is 0 Å². The number of carbonyl (C=O) groups is 2. The first kappa shape index (κ1) is 18.9. The first-order chi connectivity index (χ1) is 12.7. The molecule has 142 valence electrons. The molecule has 8 heteroatoms. The summed E-state index contributed by atoms with van der Waals surface area (Å²) in [7, 11) is -3.77. The van der Waals surface area contributed by atoms with E-state index in [1.807, 2.05) is 6.92 Å². The minimum absolute atomic E-state index is 0.00438. The fourth-order valence-corrected chi connectivity index (χ4v) is 4.40. The number of benzene rings is 2. The Bertz CT molecular complexity index is 1000. The lowest BCUT2D eigenvalue weighted by molar-refractivity contribution is -0.117. The molecule has 27 heavy (non-hydrogen) atoms. The maximum absolute atomic E-state index is 12.7. The average Bonchev–Trinajstić information content (AvgIpc) is 2.91. The fourth-order valence-electron chi connectivity index (χ4n) is 3.29. The third-order valence-electron chi connectivity index (χ3n) is 4.37. The monoisotopic (exact) mass is 387 g/mol. The van der Waals surface area contributed by atoms with Crippen LogP contribution in [-0.2, 0) is 26.0 Å². The van der Waals surface area contributed by atoms with E-state index in [0.717, 1.165) is 11.3 Å². The number of fused-ring (bicyclic) bond motifs is 1. The highest BCUT2D eigenvalue weighted by molar-refractivity contribution is 7.92. The highest BCUT2D eigenvalue weighted by Gasteiger charge is 2.30. The van der Waals surface area contributed by atoms with Crippen LogP contribution in [0.15, 0.2) is 47.4 Å². The lowest BCUT2D eigenvalue weighted by Gasteiger charge is -2.20. The van der Waals surface area contributed by atoms with Crippen LogP contribution in [0.25, 0.3) is 0 Å². The maximum Gasteiger partial charge on any atom is 0.261 e. The van der Waals surface area contributed by atoms with E-state index in [0.29, 0.717) is 17.8 Å². The van der Waals surface area contributed by atoms with Crippen LogP contribution in [0.3, 0.4) is 0 Å². The SMILES string of the molecule is CC(=O)Nc1ccc(NS(=O)(=O)c2ccc3c(c2)C[C@H](C)N3C(C)=O)cc1. The average molecular weight is 387 g/mol. The van der Waals surface area contributed by atoms with Gasteiger partial charge in [-0.25, -0.2) is 8.42 Å². The lowest BCUT2D eigenvalue weighted by Crippen LogP contribution is -2.33. The second-order valence-electron chi connectivity index (χ2n) is 6.60. The van der Waals surface area contributed by atoms with Gasteiger partial charge in [0.25, 0.3) is 10.0 Å². The largest absolute Gasteiger partial charge is 0.326 e. The third kappa shape index (κ3) is 3.95. The Kier molecular flexibility index (Phi) is 4.93. The Balaban J connectivity index is 1.83. The first-order valence-corrected chi connectivity index (χ1v) is 9.99. The summed E-state index contributed by atoms with van der Waals surface area (Å²) in [5.74, 6) is -0.260. The van der Waals surface area contributed by atoms with Gasteiger partial charge in [0.1, 0.15) is 0 Å². The molecule has 0 aromatic heterocycles. The number of anilines is 3. The molecular weight excluding hydrogens is 366 g/mol. The molecule has 2 N–H and O–H groups in total. The number of amides is 2. The van der Waals surface area contributed by atoms with Crippen molar-refractivity contribution >= 4 is 38.9 Å². The van der Waals surface area contributed by atoms with E-state index >= 15 is 0 Å². The van der Waals surface area contributed by atoms with Crippen molar-refractivity contribution in [2.75, 3.05) is 14.9 Å². The normalized spacial score (nSPS) is 16.0. The van der Waals surface area contributed by atoms with Gasteiger partial charge in [-0.15, -0.1) is 0 Å². The molecule has 7 nitrogen and oxygen atoms in total. The molecule has 1 aliphatic heterocycles. The predicted molar refractivity (Wildman–Crippen MR) is 104 cm³/mol. The molecule has 0 bridgehead atoms. The topological polar surface area (TPSA) is 95.6 Å². The van der Waals surface area contributed by atoms with Crippen molar-refractivity contribution in [2.24, 2.45) is 0 Å². The Morgan fingerprint density at radius 1 is 1.04 bits per heavy atom. The van der Waals surface area contributed by atoms with Crippen LogP contribution in [0.1, 0.15) is 26.3 Å². The van der Waals surface area contributed by atoms with Gasteiger partial charge < -0.3 is 10.2 Å². The third-order valence-corrected chi connectivity index (χ3v) is 5.75. The highest BCUT2D eigenvalue weighted by Crippen LogP contribution is 2.34. The summed E-state index contributed by atoms with van der Waals surface area (Å²) >= 11 is 0. The van der Waals surface area contributed by atoms with Gasteiger partial charge in [-0.05, 0) is 61.4 Å². The van der Waals surface area contributed by atoms with Crippen LogP contribution in [0, 0.1) is 0 Å². The highest BCUT2D eigenvalue weighted by atomic mass is 32.2. The molecule has 0 saturated carbocycles. The van der Waals surface area contributed by atoms with E-state index < -0.39 is 10.0 Å². The second kappa shape index (κ2) is 7.03. The fraction of sp³-hybridized carbons (Fsp3) is 0.263. The van der Waals surface area contributed by atoms with Gasteiger partial charge in [0, 0.05) is 37.0 Å². The molecule has 0 fully saturated rings. The van der Waals surface area contributed by atoms with Crippen molar-refractivity contribution < 1.29 is 18.0 Å². The van der Waals surface area contributed by atoms with Crippen LogP contribution >= 0.6 is 0 Å². The smallest absolute Gasteiger partial charge is 0.261 e. The van der Waals surface area contributed by atoms with E-state index in [2.05, 4.69) is 10.0 Å². The lowest BCUT2D eigenvalue weighted by atomic mass is 10.1. The molecule has 3 rings (SSSR count). The standard InChI is InChI=1S/C19H21N3O4S/c1-12-10-15-11-18(8-9-19(15)22(12)14(3)24)27(25,26)21-17-6-4-16(5-7-17)20-13(2)23/h4-9,11-12,21H,10H2,1-3H3,(H,20,23)/t12-/m0/s1. The summed E-state index contributed by atoms with van der Waals surface area (Å²) in [5, 5.41) is 2.62. The Morgan fingerprint density at radius 3 is 2.26 bits per heavy atom.